The number of ether oxygens (including phenoxy) is 1. The average molecular weight is 1000 g/mol. The lowest BCUT2D eigenvalue weighted by atomic mass is 9.91. The zero-order chi connectivity index (χ0) is 53.8. The van der Waals surface area contributed by atoms with Crippen LogP contribution in [0.5, 0.6) is 0 Å². The van der Waals surface area contributed by atoms with Crippen molar-refractivity contribution in [1.29, 1.82) is 0 Å². The Balaban J connectivity index is 0.000000219. The molecule has 0 atom stereocenters. The van der Waals surface area contributed by atoms with Gasteiger partial charge in [0.25, 0.3) is 11.8 Å². The van der Waals surface area contributed by atoms with Crippen LogP contribution in [0.1, 0.15) is 114 Å². The van der Waals surface area contributed by atoms with Crippen LogP contribution in [-0.4, -0.2) is 72.4 Å². The number of anilines is 2. The maximum atomic E-state index is 12.9. The molecule has 0 unspecified atom stereocenters. The van der Waals surface area contributed by atoms with Gasteiger partial charge in [0, 0.05) is 54.6 Å². The third-order valence-corrected chi connectivity index (χ3v) is 12.7. The number of carbonyl (C=O) groups excluding carboxylic acids is 6. The fraction of sp³-hybridized carbons (Fsp3) is 0.167. The number of aliphatic hydroxyl groups excluding tert-OH is 2. The molecule has 0 spiro atoms. The van der Waals surface area contributed by atoms with E-state index in [-0.39, 0.29) is 77.9 Å². The number of ketones is 3. The van der Waals surface area contributed by atoms with E-state index in [0.29, 0.717) is 33.8 Å². The number of amides is 2. The number of hydrogen-bond acceptors (Lipinski definition) is 13. The number of esters is 1. The van der Waals surface area contributed by atoms with Gasteiger partial charge in [0.2, 0.25) is 0 Å². The Kier molecular flexibility index (Phi) is 17.5. The monoisotopic (exact) mass is 1000 g/mol. The van der Waals surface area contributed by atoms with E-state index < -0.39 is 5.97 Å². The Bertz CT molecular complexity index is 3320. The summed E-state index contributed by atoms with van der Waals surface area (Å²) in [7, 11) is 1.29. The summed E-state index contributed by atoms with van der Waals surface area (Å²) in [6.45, 7) is 8.99. The van der Waals surface area contributed by atoms with Crippen LogP contribution in [0.4, 0.5) is 11.4 Å². The molecule has 2 amide bonds. The lowest BCUT2D eigenvalue weighted by Gasteiger charge is -2.16. The van der Waals surface area contributed by atoms with E-state index >= 15 is 0 Å². The zero-order valence-electron chi connectivity index (χ0n) is 42.2. The molecule has 4 N–H and O–H groups in total. The Labute approximate surface area is 433 Å². The van der Waals surface area contributed by atoms with E-state index in [4.69, 9.17) is 0 Å². The minimum absolute atomic E-state index is 0.0998. The molecule has 0 saturated carbocycles. The molecule has 0 bridgehead atoms. The van der Waals surface area contributed by atoms with Crippen LogP contribution in [0, 0.1) is 27.7 Å². The number of nitrogens with one attached hydrogen (secondary N) is 2. The number of rotatable bonds is 16. The normalized spacial score (nSPS) is 10.7. The Morgan fingerprint density at radius 2 is 0.827 bits per heavy atom. The molecule has 4 heterocycles. The molecule has 0 aliphatic carbocycles. The van der Waals surface area contributed by atoms with Crippen LogP contribution in [0.25, 0.3) is 22.3 Å². The molecule has 378 valence electrons. The predicted octanol–water partition coefficient (Wildman–Crippen LogP) is 9.85. The molecule has 0 aliphatic rings. The summed E-state index contributed by atoms with van der Waals surface area (Å²) in [5.41, 5.74) is 13.6. The van der Waals surface area contributed by atoms with Crippen LogP contribution in [-0.2, 0) is 30.8 Å². The van der Waals surface area contributed by atoms with E-state index in [1.54, 1.807) is 30.3 Å². The highest BCUT2D eigenvalue weighted by Crippen LogP contribution is 2.34. The minimum atomic E-state index is -0.513. The minimum Gasteiger partial charge on any atom is -0.465 e. The summed E-state index contributed by atoms with van der Waals surface area (Å²) in [5, 5.41) is 24.2. The van der Waals surface area contributed by atoms with E-state index in [9.17, 15) is 39.0 Å². The Morgan fingerprint density at radius 1 is 0.453 bits per heavy atom. The second-order valence-electron chi connectivity index (χ2n) is 17.6. The number of aromatic nitrogens is 4. The summed E-state index contributed by atoms with van der Waals surface area (Å²) >= 11 is 0. The van der Waals surface area contributed by atoms with Gasteiger partial charge in [0.1, 0.15) is 22.8 Å². The molecular weight excluding hydrogens is 949 g/mol. The van der Waals surface area contributed by atoms with E-state index in [1.165, 1.54) is 57.0 Å². The number of hydrogen-bond donors (Lipinski definition) is 4. The van der Waals surface area contributed by atoms with Gasteiger partial charge in [0.05, 0.1) is 25.9 Å². The average Bonchev–Trinajstić information content (AvgIpc) is 3.43. The number of Topliss-reactive ketones (excluding diaryl/α,β-unsaturated/α-hetero) is 3. The van der Waals surface area contributed by atoms with Gasteiger partial charge < -0.3 is 25.6 Å². The first-order chi connectivity index (χ1) is 36.1. The van der Waals surface area contributed by atoms with Crippen LogP contribution in [0.3, 0.4) is 0 Å². The van der Waals surface area contributed by atoms with Gasteiger partial charge in [-0.15, -0.1) is 0 Å². The van der Waals surface area contributed by atoms with Crippen molar-refractivity contribution in [2.24, 2.45) is 0 Å². The number of nitrogens with zero attached hydrogens (tertiary/aromatic N) is 4. The first kappa shape index (κ1) is 53.6. The number of carbonyl (C=O) groups is 6. The van der Waals surface area contributed by atoms with Crippen LogP contribution in [0.15, 0.2) is 146 Å². The van der Waals surface area contributed by atoms with Crippen molar-refractivity contribution in [2.45, 2.75) is 60.7 Å². The fourth-order valence-corrected chi connectivity index (χ4v) is 8.23. The standard InChI is InChI=1S/C31H27N3O5.C29H27N3O4/c1-18-21(15-29(36)27-13-12-23(17-32-27)31(38)39-4)7-5-8-24(18)25-9-6-10-26(19(25)2)34-30(37)28-14-11-22(16-33-28)20(3)35;1-18-22(13-28(35)26-11-9-20(16-33)14-30-26)5-3-6-23(18)24-7-4-8-25(19(24)2)32-29(36)27-12-10-21(17-34)15-31-27/h5-14,16-17H,15H2,1-4H3,(H,34,37);3-12,14-15,33-34H,13,16-17H2,1-2H3,(H,32,36). The Hall–Kier alpha value is -9.18. The molecule has 0 radical (unpaired) electrons. The predicted molar refractivity (Wildman–Crippen MR) is 285 cm³/mol. The molecule has 0 saturated heterocycles. The molecule has 4 aromatic carbocycles. The first-order valence-corrected chi connectivity index (χ1v) is 23.8. The molecule has 8 rings (SSSR count). The molecule has 4 aromatic heterocycles. The maximum absolute atomic E-state index is 12.9. The largest absolute Gasteiger partial charge is 0.465 e. The highest BCUT2D eigenvalue weighted by atomic mass is 16.5. The van der Waals surface area contributed by atoms with Crippen molar-refractivity contribution >= 4 is 46.5 Å². The van der Waals surface area contributed by atoms with E-state index in [0.717, 1.165) is 55.6 Å². The third-order valence-electron chi connectivity index (χ3n) is 12.7. The van der Waals surface area contributed by atoms with Gasteiger partial charge in [-0.05, 0) is 150 Å². The number of benzene rings is 4. The summed E-state index contributed by atoms with van der Waals surface area (Å²) in [6.07, 6.45) is 6.05. The molecule has 0 aliphatic heterocycles. The molecule has 8 aromatic rings. The van der Waals surface area contributed by atoms with E-state index in [1.807, 2.05) is 100 Å². The van der Waals surface area contributed by atoms with Gasteiger partial charge in [0.15, 0.2) is 17.3 Å². The number of methoxy groups -OCH3 is 1. The SMILES string of the molecule is COC(=O)c1ccc(C(=O)Cc2cccc(-c3cccc(NC(=O)c4ccc(C(C)=O)cn4)c3C)c2C)nc1.Cc1c(CC(=O)c2ccc(CO)cn2)cccc1-c1cccc(NC(=O)c2ccc(CO)cn2)c1C. The molecular formula is C60H54N6O9. The van der Waals surface area contributed by atoms with Crippen molar-refractivity contribution in [3.8, 4) is 22.3 Å². The smallest absolute Gasteiger partial charge is 0.339 e. The van der Waals surface area contributed by atoms with Crippen molar-refractivity contribution in [3.05, 3.63) is 225 Å². The van der Waals surface area contributed by atoms with Crippen molar-refractivity contribution in [3.63, 3.8) is 0 Å². The van der Waals surface area contributed by atoms with E-state index in [2.05, 4.69) is 35.3 Å². The van der Waals surface area contributed by atoms with Crippen molar-refractivity contribution in [1.82, 2.24) is 19.9 Å². The third kappa shape index (κ3) is 12.9. The molecule has 15 heteroatoms. The first-order valence-electron chi connectivity index (χ1n) is 23.8. The Morgan fingerprint density at radius 3 is 1.20 bits per heavy atom. The highest BCUT2D eigenvalue weighted by Gasteiger charge is 2.19. The lowest BCUT2D eigenvalue weighted by molar-refractivity contribution is 0.0599. The lowest BCUT2D eigenvalue weighted by Crippen LogP contribution is -2.15. The van der Waals surface area contributed by atoms with Crippen molar-refractivity contribution in [2.75, 3.05) is 17.7 Å². The topological polar surface area (TPSA) is 228 Å². The second-order valence-corrected chi connectivity index (χ2v) is 17.6. The molecule has 75 heavy (non-hydrogen) atoms. The van der Waals surface area contributed by atoms with Crippen LogP contribution in [0.2, 0.25) is 0 Å². The van der Waals surface area contributed by atoms with Gasteiger partial charge in [-0.3, -0.25) is 43.9 Å². The maximum Gasteiger partial charge on any atom is 0.339 e. The summed E-state index contributed by atoms with van der Waals surface area (Å²) in [4.78, 5) is 91.0. The zero-order valence-corrected chi connectivity index (χ0v) is 42.2. The molecule has 0 fully saturated rings. The van der Waals surface area contributed by atoms with Crippen molar-refractivity contribution < 1.29 is 43.7 Å². The highest BCUT2D eigenvalue weighted by molar-refractivity contribution is 6.05. The second kappa shape index (κ2) is 24.5. The van der Waals surface area contributed by atoms with Crippen LogP contribution >= 0.6 is 0 Å². The summed E-state index contributed by atoms with van der Waals surface area (Å²) < 4.78 is 4.68. The number of aliphatic hydroxyl groups is 2. The van der Waals surface area contributed by atoms with Gasteiger partial charge in [-0.2, -0.15) is 0 Å². The summed E-state index contributed by atoms with van der Waals surface area (Å²) in [5.74, 6) is -1.63. The fourth-order valence-electron chi connectivity index (χ4n) is 8.23. The van der Waals surface area contributed by atoms with Gasteiger partial charge >= 0.3 is 5.97 Å². The van der Waals surface area contributed by atoms with Crippen LogP contribution < -0.4 is 10.6 Å². The van der Waals surface area contributed by atoms with Gasteiger partial charge in [-0.25, -0.2) is 4.79 Å². The number of pyridine rings is 4. The molecule has 15 nitrogen and oxygen atoms in total. The van der Waals surface area contributed by atoms with Gasteiger partial charge in [-0.1, -0.05) is 72.8 Å². The summed E-state index contributed by atoms with van der Waals surface area (Å²) in [6, 6.07) is 35.7. The quantitative estimate of drug-likeness (QED) is 0.0523.